The fourth-order valence-corrected chi connectivity index (χ4v) is 2.20. The Labute approximate surface area is 113 Å². The van der Waals surface area contributed by atoms with Gasteiger partial charge in [0.2, 0.25) is 5.65 Å². The van der Waals surface area contributed by atoms with Gasteiger partial charge < -0.3 is 11.1 Å². The van der Waals surface area contributed by atoms with Crippen molar-refractivity contribution in [2.45, 2.75) is 33.6 Å². The molecule has 104 valence electrons. The van der Waals surface area contributed by atoms with E-state index in [1.54, 1.807) is 6.20 Å². The first kappa shape index (κ1) is 13.7. The Kier molecular flexibility index (Phi) is 3.99. The van der Waals surface area contributed by atoms with Crippen molar-refractivity contribution in [2.24, 2.45) is 11.1 Å². The molecule has 2 heterocycles. The number of hydrogen-bond acceptors (Lipinski definition) is 5. The van der Waals surface area contributed by atoms with E-state index in [4.69, 9.17) is 5.73 Å². The molecule has 19 heavy (non-hydrogen) atoms. The van der Waals surface area contributed by atoms with Crippen LogP contribution < -0.4 is 11.1 Å². The van der Waals surface area contributed by atoms with Crippen molar-refractivity contribution in [3.05, 3.63) is 18.2 Å². The minimum absolute atomic E-state index is 0.115. The molecule has 0 aliphatic carbocycles. The molecule has 0 saturated carbocycles. The summed E-state index contributed by atoms with van der Waals surface area (Å²) in [5.41, 5.74) is 6.79. The molecule has 2 aromatic heterocycles. The fourth-order valence-electron chi connectivity index (χ4n) is 2.20. The number of rotatable bonds is 6. The second-order valence-electron chi connectivity index (χ2n) is 4.98. The van der Waals surface area contributed by atoms with E-state index >= 15 is 0 Å². The van der Waals surface area contributed by atoms with Gasteiger partial charge in [0.05, 0.1) is 0 Å². The number of aryl methyl sites for hydroxylation is 1. The number of nitrogens with zero attached hydrogens (tertiary/aromatic N) is 4. The number of nitrogens with two attached hydrogens (primary N) is 1. The highest BCUT2D eigenvalue weighted by molar-refractivity contribution is 5.62. The highest BCUT2D eigenvalue weighted by Gasteiger charge is 2.24. The maximum Gasteiger partial charge on any atom is 0.203 e. The van der Waals surface area contributed by atoms with E-state index in [0.717, 1.165) is 36.7 Å². The van der Waals surface area contributed by atoms with E-state index in [1.165, 1.54) is 0 Å². The molecule has 3 N–H and O–H groups in total. The largest absolute Gasteiger partial charge is 0.366 e. The normalized spacial score (nSPS) is 12.0. The summed E-state index contributed by atoms with van der Waals surface area (Å²) in [7, 11) is 0. The number of anilines is 1. The lowest BCUT2D eigenvalue weighted by Crippen LogP contribution is -2.36. The van der Waals surface area contributed by atoms with Gasteiger partial charge in [-0.25, -0.2) is 4.98 Å². The Bertz CT molecular complexity index is 535. The van der Waals surface area contributed by atoms with Crippen LogP contribution in [-0.4, -0.2) is 32.7 Å². The van der Waals surface area contributed by atoms with Crippen molar-refractivity contribution in [1.29, 1.82) is 0 Å². The molecule has 0 aromatic carbocycles. The lowest BCUT2D eigenvalue weighted by Gasteiger charge is -2.30. The van der Waals surface area contributed by atoms with Crippen molar-refractivity contribution >= 4 is 11.5 Å². The average Bonchev–Trinajstić information content (AvgIpc) is 2.84. The zero-order valence-electron chi connectivity index (χ0n) is 11.8. The molecule has 0 spiro atoms. The van der Waals surface area contributed by atoms with Crippen LogP contribution in [0.5, 0.6) is 0 Å². The summed E-state index contributed by atoms with van der Waals surface area (Å²) >= 11 is 0. The molecule has 0 bridgehead atoms. The average molecular weight is 262 g/mol. The van der Waals surface area contributed by atoms with Gasteiger partial charge in [-0.2, -0.15) is 0 Å². The molecule has 0 unspecified atom stereocenters. The molecule has 6 heteroatoms. The van der Waals surface area contributed by atoms with Gasteiger partial charge in [-0.15, -0.1) is 10.2 Å². The standard InChI is InChI=1S/C13H22N6/c1-4-13(5-2,8-14)9-16-11-12-18-17-10(3)19(12)7-6-15-11/h6-7H,4-5,8-9,14H2,1-3H3,(H,15,16). The molecular weight excluding hydrogens is 240 g/mol. The van der Waals surface area contributed by atoms with Gasteiger partial charge >= 0.3 is 0 Å². The van der Waals surface area contributed by atoms with Crippen LogP contribution in [0.2, 0.25) is 0 Å². The first-order valence-corrected chi connectivity index (χ1v) is 6.76. The van der Waals surface area contributed by atoms with Crippen LogP contribution in [0.4, 0.5) is 5.82 Å². The Morgan fingerprint density at radius 2 is 2.05 bits per heavy atom. The molecule has 0 aliphatic heterocycles. The van der Waals surface area contributed by atoms with E-state index in [2.05, 4.69) is 34.3 Å². The fraction of sp³-hybridized carbons (Fsp3) is 0.615. The SMILES string of the molecule is CCC(CC)(CN)CNc1nccn2c(C)nnc12. The first-order chi connectivity index (χ1) is 9.15. The Morgan fingerprint density at radius 3 is 2.68 bits per heavy atom. The third-order valence-electron chi connectivity index (χ3n) is 4.06. The quantitative estimate of drug-likeness (QED) is 0.826. The van der Waals surface area contributed by atoms with E-state index in [9.17, 15) is 0 Å². The minimum atomic E-state index is 0.115. The molecule has 0 amide bonds. The van der Waals surface area contributed by atoms with Crippen LogP contribution in [0.3, 0.4) is 0 Å². The Balaban J connectivity index is 2.22. The smallest absolute Gasteiger partial charge is 0.203 e. The highest BCUT2D eigenvalue weighted by Crippen LogP contribution is 2.25. The van der Waals surface area contributed by atoms with Crippen LogP contribution in [0, 0.1) is 12.3 Å². The monoisotopic (exact) mass is 262 g/mol. The predicted octanol–water partition coefficient (Wildman–Crippen LogP) is 1.61. The van der Waals surface area contributed by atoms with Gasteiger partial charge in [0.1, 0.15) is 5.82 Å². The maximum atomic E-state index is 5.92. The van der Waals surface area contributed by atoms with Crippen molar-refractivity contribution in [3.8, 4) is 0 Å². The van der Waals surface area contributed by atoms with E-state index in [-0.39, 0.29) is 5.41 Å². The lowest BCUT2D eigenvalue weighted by atomic mass is 9.82. The predicted molar refractivity (Wildman–Crippen MR) is 76.1 cm³/mol. The molecular formula is C13H22N6. The van der Waals surface area contributed by atoms with Crippen molar-refractivity contribution in [3.63, 3.8) is 0 Å². The minimum Gasteiger partial charge on any atom is -0.366 e. The Morgan fingerprint density at radius 1 is 1.32 bits per heavy atom. The van der Waals surface area contributed by atoms with E-state index < -0.39 is 0 Å². The highest BCUT2D eigenvalue weighted by atomic mass is 15.3. The molecule has 6 nitrogen and oxygen atoms in total. The molecule has 0 saturated heterocycles. The van der Waals surface area contributed by atoms with Crippen LogP contribution in [0.25, 0.3) is 5.65 Å². The molecule has 0 atom stereocenters. The van der Waals surface area contributed by atoms with Gasteiger partial charge in [-0.05, 0) is 31.7 Å². The molecule has 0 radical (unpaired) electrons. The second-order valence-corrected chi connectivity index (χ2v) is 4.98. The Hall–Kier alpha value is -1.69. The zero-order chi connectivity index (χ0) is 13.9. The van der Waals surface area contributed by atoms with Crippen LogP contribution >= 0.6 is 0 Å². The zero-order valence-corrected chi connectivity index (χ0v) is 11.8. The molecule has 0 fully saturated rings. The lowest BCUT2D eigenvalue weighted by molar-refractivity contribution is 0.294. The van der Waals surface area contributed by atoms with Gasteiger partial charge in [0, 0.05) is 18.9 Å². The summed E-state index contributed by atoms with van der Waals surface area (Å²) in [4.78, 5) is 4.35. The summed E-state index contributed by atoms with van der Waals surface area (Å²) in [6, 6.07) is 0. The van der Waals surface area contributed by atoms with Crippen molar-refractivity contribution < 1.29 is 0 Å². The van der Waals surface area contributed by atoms with Crippen LogP contribution in [0.15, 0.2) is 12.4 Å². The summed E-state index contributed by atoms with van der Waals surface area (Å²) in [6.07, 6.45) is 5.71. The van der Waals surface area contributed by atoms with E-state index in [0.29, 0.717) is 6.54 Å². The van der Waals surface area contributed by atoms with Gasteiger partial charge in [-0.1, -0.05) is 13.8 Å². The second kappa shape index (κ2) is 5.52. The third kappa shape index (κ3) is 2.53. The summed E-state index contributed by atoms with van der Waals surface area (Å²) < 4.78 is 1.93. The van der Waals surface area contributed by atoms with Crippen LogP contribution in [0.1, 0.15) is 32.5 Å². The maximum absolute atomic E-state index is 5.92. The van der Waals surface area contributed by atoms with Crippen molar-refractivity contribution in [1.82, 2.24) is 19.6 Å². The number of nitrogens with one attached hydrogen (secondary N) is 1. The molecule has 0 aliphatic rings. The topological polar surface area (TPSA) is 81.1 Å². The molecule has 2 aromatic rings. The number of hydrogen-bond donors (Lipinski definition) is 2. The third-order valence-corrected chi connectivity index (χ3v) is 4.06. The molecule has 2 rings (SSSR count). The van der Waals surface area contributed by atoms with Crippen LogP contribution in [-0.2, 0) is 0 Å². The van der Waals surface area contributed by atoms with Gasteiger partial charge in [0.15, 0.2) is 5.82 Å². The van der Waals surface area contributed by atoms with Crippen molar-refractivity contribution in [2.75, 3.05) is 18.4 Å². The first-order valence-electron chi connectivity index (χ1n) is 6.76. The summed E-state index contributed by atoms with van der Waals surface area (Å²) in [5, 5.41) is 11.6. The van der Waals surface area contributed by atoms with Gasteiger partial charge in [0.25, 0.3) is 0 Å². The number of aromatic nitrogens is 4. The summed E-state index contributed by atoms with van der Waals surface area (Å²) in [6.45, 7) is 7.74. The van der Waals surface area contributed by atoms with Gasteiger partial charge in [-0.3, -0.25) is 4.40 Å². The summed E-state index contributed by atoms with van der Waals surface area (Å²) in [5.74, 6) is 1.62. The number of fused-ring (bicyclic) bond motifs is 1. The van der Waals surface area contributed by atoms with E-state index in [1.807, 2.05) is 17.5 Å².